The molecule has 0 radical (unpaired) electrons. The van der Waals surface area contributed by atoms with Crippen LogP contribution in [0.15, 0.2) is 42.6 Å². The Morgan fingerprint density at radius 2 is 2.00 bits per heavy atom. The minimum Gasteiger partial charge on any atom is -0.310 e. The van der Waals surface area contributed by atoms with Gasteiger partial charge < -0.3 is 9.88 Å². The molecular weight excluding hydrogens is 319 g/mol. The molecule has 2 nitrogen and oxygen atoms in total. The second-order valence-corrected chi connectivity index (χ2v) is 7.75. The maximum absolute atomic E-state index is 13.7. The summed E-state index contributed by atoms with van der Waals surface area (Å²) in [5.74, 6) is -0.177. The van der Waals surface area contributed by atoms with Gasteiger partial charge in [-0.2, -0.15) is 0 Å². The molecule has 1 aliphatic heterocycles. The summed E-state index contributed by atoms with van der Waals surface area (Å²) in [6.07, 6.45) is 7.17. The first-order valence-corrected chi connectivity index (χ1v) is 9.43. The largest absolute Gasteiger partial charge is 0.310 e. The van der Waals surface area contributed by atoms with Gasteiger partial charge in [-0.05, 0) is 61.1 Å². The molecule has 0 saturated carbocycles. The van der Waals surface area contributed by atoms with Crippen molar-refractivity contribution >= 4 is 11.3 Å². The number of aromatic nitrogens is 1. The van der Waals surface area contributed by atoms with Crippen LogP contribution in [-0.4, -0.2) is 4.57 Å². The Balaban J connectivity index is 1.65. The van der Waals surface area contributed by atoms with Crippen LogP contribution in [0, 0.1) is 5.82 Å². The van der Waals surface area contributed by atoms with Gasteiger partial charge in [-0.3, -0.25) is 0 Å². The number of nitrogens with zero attached hydrogens (tertiary/aromatic N) is 1. The summed E-state index contributed by atoms with van der Waals surface area (Å²) in [7, 11) is 0. The Hall–Kier alpha value is -1.91. The number of nitrogens with one attached hydrogen (secondary N) is 1. The number of halogens is 1. The molecule has 3 aromatic rings. The number of thiophene rings is 1. The lowest BCUT2D eigenvalue weighted by Gasteiger charge is -2.19. The first-order chi connectivity index (χ1) is 11.8. The second-order valence-electron chi connectivity index (χ2n) is 6.67. The normalized spacial score (nSPS) is 19.3. The summed E-state index contributed by atoms with van der Waals surface area (Å²) in [6.45, 7) is 0.851. The highest BCUT2D eigenvalue weighted by Crippen LogP contribution is 2.40. The Bertz CT molecular complexity index is 908. The number of hydrogen-bond acceptors (Lipinski definition) is 2. The summed E-state index contributed by atoms with van der Waals surface area (Å²) in [6, 6.07) is 11.2. The molecule has 1 aliphatic carbocycles. The van der Waals surface area contributed by atoms with Crippen molar-refractivity contribution in [3.05, 3.63) is 75.7 Å². The lowest BCUT2D eigenvalue weighted by molar-refractivity contribution is 0.582. The summed E-state index contributed by atoms with van der Waals surface area (Å²) in [5.41, 5.74) is 5.19. The quantitative estimate of drug-likeness (QED) is 0.677. The number of benzene rings is 1. The first kappa shape index (κ1) is 14.4. The molecule has 3 heterocycles. The van der Waals surface area contributed by atoms with Crippen LogP contribution in [0.3, 0.4) is 0 Å². The molecular formula is C20H19FN2S. The van der Waals surface area contributed by atoms with Gasteiger partial charge in [0.2, 0.25) is 0 Å². The summed E-state index contributed by atoms with van der Waals surface area (Å²) in [5, 5.41) is 5.03. The van der Waals surface area contributed by atoms with E-state index in [9.17, 15) is 4.39 Å². The first-order valence-electron chi connectivity index (χ1n) is 8.61. The number of aryl methyl sites for hydroxylation is 1. The topological polar surface area (TPSA) is 17.0 Å². The van der Waals surface area contributed by atoms with Crippen molar-refractivity contribution in [1.82, 2.24) is 9.88 Å². The van der Waals surface area contributed by atoms with Crippen molar-refractivity contribution < 1.29 is 4.39 Å². The number of hydrogen-bond donors (Lipinski definition) is 1. The van der Waals surface area contributed by atoms with Crippen molar-refractivity contribution in [2.45, 2.75) is 38.3 Å². The Kier molecular flexibility index (Phi) is 3.35. The van der Waals surface area contributed by atoms with Crippen molar-refractivity contribution in [2.24, 2.45) is 0 Å². The molecule has 0 unspecified atom stereocenters. The standard InChI is InChI=1S/C20H19FN2S/c21-14-6-3-5-13(11-14)19-17-8-4-10-23(17)20-16(12-22-19)15-7-1-2-9-18(15)24-20/h3-6,8,10-11,19,22H,1-2,7,9,12H2/t19-/m1/s1. The van der Waals surface area contributed by atoms with Crippen molar-refractivity contribution in [2.75, 3.05) is 0 Å². The van der Waals surface area contributed by atoms with Crippen LogP contribution in [0.1, 0.15) is 46.1 Å². The van der Waals surface area contributed by atoms with E-state index in [2.05, 4.69) is 28.2 Å². The third-order valence-corrected chi connectivity index (χ3v) is 6.55. The predicted octanol–water partition coefficient (Wildman–Crippen LogP) is 4.75. The molecule has 0 spiro atoms. The van der Waals surface area contributed by atoms with Gasteiger partial charge >= 0.3 is 0 Å². The Morgan fingerprint density at radius 3 is 2.92 bits per heavy atom. The minimum atomic E-state index is -0.177. The smallest absolute Gasteiger partial charge is 0.123 e. The molecule has 4 heteroatoms. The van der Waals surface area contributed by atoms with Crippen LogP contribution in [0.2, 0.25) is 0 Å². The van der Waals surface area contributed by atoms with Crippen molar-refractivity contribution in [1.29, 1.82) is 0 Å². The van der Waals surface area contributed by atoms with E-state index in [1.54, 1.807) is 22.6 Å². The highest BCUT2D eigenvalue weighted by atomic mass is 32.1. The van der Waals surface area contributed by atoms with Crippen LogP contribution in [0.25, 0.3) is 5.00 Å². The van der Waals surface area contributed by atoms with Gasteiger partial charge in [-0.25, -0.2) is 4.39 Å². The molecule has 1 atom stereocenters. The monoisotopic (exact) mass is 338 g/mol. The zero-order chi connectivity index (χ0) is 16.1. The molecule has 2 aromatic heterocycles. The predicted molar refractivity (Wildman–Crippen MR) is 95.4 cm³/mol. The van der Waals surface area contributed by atoms with E-state index >= 15 is 0 Å². The van der Waals surface area contributed by atoms with Gasteiger partial charge in [0.25, 0.3) is 0 Å². The second kappa shape index (κ2) is 5.57. The van der Waals surface area contributed by atoms with Crippen LogP contribution < -0.4 is 5.32 Å². The van der Waals surface area contributed by atoms with Gasteiger partial charge in [-0.15, -0.1) is 11.3 Å². The minimum absolute atomic E-state index is 0.0227. The van der Waals surface area contributed by atoms with E-state index in [1.165, 1.54) is 48.0 Å². The Labute approximate surface area is 144 Å². The fourth-order valence-electron chi connectivity index (χ4n) is 4.09. The van der Waals surface area contributed by atoms with E-state index in [-0.39, 0.29) is 11.9 Å². The van der Waals surface area contributed by atoms with E-state index in [1.807, 2.05) is 17.4 Å². The SMILES string of the molecule is Fc1cccc([C@H]2NCc3c(sc4c3CCCC4)-n3cccc32)c1. The van der Waals surface area contributed by atoms with Gasteiger partial charge in [0.1, 0.15) is 10.8 Å². The molecule has 0 fully saturated rings. The van der Waals surface area contributed by atoms with E-state index < -0.39 is 0 Å². The number of fused-ring (bicyclic) bond motifs is 5. The molecule has 1 aromatic carbocycles. The average molecular weight is 338 g/mol. The molecule has 24 heavy (non-hydrogen) atoms. The molecule has 0 saturated heterocycles. The van der Waals surface area contributed by atoms with E-state index in [4.69, 9.17) is 0 Å². The van der Waals surface area contributed by atoms with Crippen molar-refractivity contribution in [3.8, 4) is 5.00 Å². The van der Waals surface area contributed by atoms with E-state index in [0.717, 1.165) is 12.1 Å². The summed E-state index contributed by atoms with van der Waals surface area (Å²) < 4.78 is 16.0. The molecule has 2 aliphatic rings. The van der Waals surface area contributed by atoms with Crippen LogP contribution in [0.4, 0.5) is 4.39 Å². The van der Waals surface area contributed by atoms with Crippen LogP contribution in [-0.2, 0) is 19.4 Å². The van der Waals surface area contributed by atoms with Crippen LogP contribution >= 0.6 is 11.3 Å². The van der Waals surface area contributed by atoms with Gasteiger partial charge in [-0.1, -0.05) is 12.1 Å². The molecule has 0 amide bonds. The summed E-state index contributed by atoms with van der Waals surface area (Å²) >= 11 is 1.95. The Morgan fingerprint density at radius 1 is 1.08 bits per heavy atom. The number of rotatable bonds is 1. The zero-order valence-electron chi connectivity index (χ0n) is 13.4. The maximum Gasteiger partial charge on any atom is 0.123 e. The van der Waals surface area contributed by atoms with Crippen LogP contribution in [0.5, 0.6) is 0 Å². The lowest BCUT2D eigenvalue weighted by Crippen LogP contribution is -2.22. The van der Waals surface area contributed by atoms with Gasteiger partial charge in [0.05, 0.1) is 6.04 Å². The van der Waals surface area contributed by atoms with Gasteiger partial charge in [0, 0.05) is 28.9 Å². The summed E-state index contributed by atoms with van der Waals surface area (Å²) in [4.78, 5) is 1.57. The highest BCUT2D eigenvalue weighted by molar-refractivity contribution is 7.15. The molecule has 5 rings (SSSR count). The third kappa shape index (κ3) is 2.17. The fourth-order valence-corrected chi connectivity index (χ4v) is 5.50. The molecule has 1 N–H and O–H groups in total. The third-order valence-electron chi connectivity index (χ3n) is 5.22. The molecule has 0 bridgehead atoms. The van der Waals surface area contributed by atoms with E-state index in [0.29, 0.717) is 0 Å². The van der Waals surface area contributed by atoms with Crippen molar-refractivity contribution in [3.63, 3.8) is 0 Å². The molecule has 122 valence electrons. The maximum atomic E-state index is 13.7. The zero-order valence-corrected chi connectivity index (χ0v) is 14.2. The average Bonchev–Trinajstić information content (AvgIpc) is 3.17. The van der Waals surface area contributed by atoms with Gasteiger partial charge in [0.15, 0.2) is 0 Å². The fraction of sp³-hybridized carbons (Fsp3) is 0.300. The lowest BCUT2D eigenvalue weighted by atomic mass is 9.95. The highest BCUT2D eigenvalue weighted by Gasteiger charge is 2.28.